The zero-order valence-corrected chi connectivity index (χ0v) is 31.2. The number of aliphatic hydroxyl groups is 2. The van der Waals surface area contributed by atoms with Gasteiger partial charge in [-0.05, 0) is 78.2 Å². The maximum absolute atomic E-state index is 16.1. The lowest BCUT2D eigenvalue weighted by molar-refractivity contribution is -0.140. The first-order valence-electron chi connectivity index (χ1n) is 17.3. The molecule has 0 radical (unpaired) electrons. The van der Waals surface area contributed by atoms with Gasteiger partial charge in [-0.2, -0.15) is 0 Å². The maximum Gasteiger partial charge on any atom is 0.333 e. The van der Waals surface area contributed by atoms with Crippen molar-refractivity contribution in [3.05, 3.63) is 101 Å². The van der Waals surface area contributed by atoms with Gasteiger partial charge >= 0.3 is 11.9 Å². The van der Waals surface area contributed by atoms with E-state index in [-0.39, 0.29) is 54.6 Å². The van der Waals surface area contributed by atoms with Crippen molar-refractivity contribution in [2.75, 3.05) is 13.2 Å². The van der Waals surface area contributed by atoms with Crippen LogP contribution in [0.2, 0.25) is 19.1 Å². The first-order valence-corrected chi connectivity index (χ1v) is 20.6. The third-order valence-corrected chi connectivity index (χ3v) is 12.7. The molecule has 50 heavy (non-hydrogen) atoms. The predicted molar refractivity (Wildman–Crippen MR) is 198 cm³/mol. The molecule has 0 amide bonds. The summed E-state index contributed by atoms with van der Waals surface area (Å²) in [4.78, 5) is 25.1. The fraction of sp³-hybridized carbons (Fsp3) is 0.415. The molecular formula is C41H52F2O6Si. The third kappa shape index (κ3) is 10.8. The summed E-state index contributed by atoms with van der Waals surface area (Å²) in [6, 6.07) is 14.8. The van der Waals surface area contributed by atoms with Gasteiger partial charge in [0.2, 0.25) is 0 Å². The van der Waals surface area contributed by atoms with E-state index in [1.54, 1.807) is 32.0 Å². The van der Waals surface area contributed by atoms with Crippen molar-refractivity contribution in [1.82, 2.24) is 0 Å². The molecule has 2 N–H and O–H groups in total. The molecule has 0 aliphatic carbocycles. The zero-order valence-electron chi connectivity index (χ0n) is 30.2. The minimum atomic E-state index is -2.43. The number of hydrogen-bond acceptors (Lipinski definition) is 6. The highest BCUT2D eigenvalue weighted by atomic mass is 28.3. The van der Waals surface area contributed by atoms with Crippen LogP contribution in [-0.4, -0.2) is 43.4 Å². The minimum absolute atomic E-state index is 0.0159. The molecule has 3 aromatic carbocycles. The lowest BCUT2D eigenvalue weighted by Crippen LogP contribution is -2.46. The lowest BCUT2D eigenvalue weighted by atomic mass is 9.95. The summed E-state index contributed by atoms with van der Waals surface area (Å²) < 4.78 is 43.1. The molecule has 0 unspecified atom stereocenters. The van der Waals surface area contributed by atoms with Crippen LogP contribution in [-0.2, 0) is 38.7 Å². The van der Waals surface area contributed by atoms with Crippen LogP contribution in [0.15, 0.2) is 72.8 Å². The molecule has 0 aliphatic heterocycles. The summed E-state index contributed by atoms with van der Waals surface area (Å²) in [7, 11) is -2.43. The van der Waals surface area contributed by atoms with Gasteiger partial charge in [0.05, 0.1) is 8.07 Å². The maximum atomic E-state index is 16.1. The van der Waals surface area contributed by atoms with Gasteiger partial charge in [-0.3, -0.25) is 0 Å². The van der Waals surface area contributed by atoms with Crippen molar-refractivity contribution in [3.63, 3.8) is 0 Å². The Morgan fingerprint density at radius 1 is 0.780 bits per heavy atom. The monoisotopic (exact) mass is 706 g/mol. The van der Waals surface area contributed by atoms with Gasteiger partial charge in [-0.1, -0.05) is 94.9 Å². The average Bonchev–Trinajstić information content (AvgIpc) is 3.09. The van der Waals surface area contributed by atoms with Gasteiger partial charge in [-0.25, -0.2) is 18.4 Å². The molecular weight excluding hydrogens is 655 g/mol. The second-order valence-electron chi connectivity index (χ2n) is 13.8. The number of hydrogen-bond donors (Lipinski definition) is 2. The van der Waals surface area contributed by atoms with E-state index >= 15 is 8.78 Å². The molecule has 0 spiro atoms. The number of carbonyl (C=O) groups excluding carboxylic acids is 2. The molecule has 0 atom stereocenters. The van der Waals surface area contributed by atoms with Gasteiger partial charge in [-0.15, -0.1) is 0 Å². The molecule has 0 saturated heterocycles. The van der Waals surface area contributed by atoms with Crippen molar-refractivity contribution >= 4 is 25.2 Å². The van der Waals surface area contributed by atoms with Gasteiger partial charge in [0.25, 0.3) is 0 Å². The molecule has 0 heterocycles. The number of benzene rings is 3. The Bertz CT molecular complexity index is 1610. The van der Waals surface area contributed by atoms with E-state index < -0.39 is 31.6 Å². The summed E-state index contributed by atoms with van der Waals surface area (Å²) in [6.07, 6.45) is 5.58. The molecule has 9 heteroatoms. The number of aryl methyl sites for hydroxylation is 1. The molecule has 270 valence electrons. The Labute approximate surface area is 296 Å². The third-order valence-electron chi connectivity index (χ3n) is 9.05. The normalized spacial score (nSPS) is 11.5. The lowest BCUT2D eigenvalue weighted by Gasteiger charge is -2.30. The van der Waals surface area contributed by atoms with Crippen LogP contribution in [0.4, 0.5) is 8.78 Å². The van der Waals surface area contributed by atoms with Crippen LogP contribution in [0.1, 0.15) is 69.6 Å². The van der Waals surface area contributed by atoms with E-state index in [4.69, 9.17) is 9.47 Å². The van der Waals surface area contributed by atoms with Crippen LogP contribution >= 0.6 is 0 Å². The smallest absolute Gasteiger partial charge is 0.333 e. The van der Waals surface area contributed by atoms with Gasteiger partial charge < -0.3 is 19.7 Å². The number of unbranched alkanes of at least 4 members (excludes halogenated alkanes) is 2. The van der Waals surface area contributed by atoms with E-state index in [1.807, 2.05) is 24.3 Å². The summed E-state index contributed by atoms with van der Waals surface area (Å²) >= 11 is 0. The Morgan fingerprint density at radius 2 is 1.28 bits per heavy atom. The number of rotatable bonds is 19. The number of aliphatic hydroxyl groups excluding tert-OH is 2. The largest absolute Gasteiger partial charge is 0.457 e. The highest BCUT2D eigenvalue weighted by Gasteiger charge is 2.31. The summed E-state index contributed by atoms with van der Waals surface area (Å²) in [5.41, 5.74) is 3.84. The molecule has 0 saturated carbocycles. The summed E-state index contributed by atoms with van der Waals surface area (Å²) in [5.74, 6) is -3.43. The Kier molecular flexibility index (Phi) is 15.3. The molecule has 3 aromatic rings. The van der Waals surface area contributed by atoms with Crippen molar-refractivity contribution < 1.29 is 38.1 Å². The summed E-state index contributed by atoms with van der Waals surface area (Å²) in [6.45, 7) is 16.3. The van der Waals surface area contributed by atoms with Crippen molar-refractivity contribution in [2.45, 2.75) is 91.6 Å². The van der Waals surface area contributed by atoms with Crippen molar-refractivity contribution in [1.29, 1.82) is 0 Å². The molecule has 0 aromatic heterocycles. The standard InChI is InChI=1S/C41H52F2O6Si/c1-8-9-10-12-29-14-16-31(17-15-29)35-18-19-36(38(43)37(35)42)32-21-33(25-48-40(46)27(2)3)39(34(22-32)26-49-41(47)28(4)5)50(6,7)20-11-13-30(23-44)24-45/h14-19,21-22,30,44-45H,2,4,8-13,20,23-26H2,1,3,5-7H3. The first-order chi connectivity index (χ1) is 23.7. The predicted octanol–water partition coefficient (Wildman–Crippen LogP) is 8.57. The fourth-order valence-electron chi connectivity index (χ4n) is 6.18. The highest BCUT2D eigenvalue weighted by Crippen LogP contribution is 2.34. The van der Waals surface area contributed by atoms with Crippen LogP contribution < -0.4 is 5.19 Å². The number of carbonyl (C=O) groups is 2. The van der Waals surface area contributed by atoms with Crippen LogP contribution in [0.5, 0.6) is 0 Å². The molecule has 0 bridgehead atoms. The molecule has 0 aliphatic rings. The van der Waals surface area contributed by atoms with E-state index in [2.05, 4.69) is 33.2 Å². The zero-order chi connectivity index (χ0) is 37.0. The highest BCUT2D eigenvalue weighted by molar-refractivity contribution is 6.90. The molecule has 3 rings (SSSR count). The van der Waals surface area contributed by atoms with Crippen LogP contribution in [0.25, 0.3) is 22.3 Å². The average molecular weight is 707 g/mol. The topological polar surface area (TPSA) is 93.1 Å². The fourth-order valence-corrected chi connectivity index (χ4v) is 9.54. The van der Waals surface area contributed by atoms with Gasteiger partial charge in [0.15, 0.2) is 11.6 Å². The number of esters is 2. The van der Waals surface area contributed by atoms with Gasteiger partial charge in [0, 0.05) is 41.4 Å². The minimum Gasteiger partial charge on any atom is -0.457 e. The number of halogens is 2. The Hall–Kier alpha value is -3.92. The van der Waals surface area contributed by atoms with Crippen molar-refractivity contribution in [3.8, 4) is 22.3 Å². The Balaban J connectivity index is 2.14. The van der Waals surface area contributed by atoms with Gasteiger partial charge in [0.1, 0.15) is 13.2 Å². The summed E-state index contributed by atoms with van der Waals surface area (Å²) in [5, 5.41) is 20.0. The van der Waals surface area contributed by atoms with E-state index in [9.17, 15) is 19.8 Å². The Morgan fingerprint density at radius 3 is 1.74 bits per heavy atom. The quantitative estimate of drug-likeness (QED) is 0.0562. The molecule has 6 nitrogen and oxygen atoms in total. The molecule has 0 fully saturated rings. The van der Waals surface area contributed by atoms with E-state index in [1.165, 1.54) is 6.07 Å². The van der Waals surface area contributed by atoms with Crippen LogP contribution in [0.3, 0.4) is 0 Å². The second-order valence-corrected chi connectivity index (χ2v) is 18.6. The van der Waals surface area contributed by atoms with Crippen LogP contribution in [0, 0.1) is 17.6 Å². The SMILES string of the molecule is C=C(C)C(=O)OCc1cc(-c2ccc(-c3ccc(CCCCC)cc3)c(F)c2F)cc(COC(=O)C(=C)C)c1[Si](C)(C)CCCC(CO)CO. The van der Waals surface area contributed by atoms with Crippen molar-refractivity contribution in [2.24, 2.45) is 5.92 Å². The number of ether oxygens (including phenoxy) is 2. The van der Waals surface area contributed by atoms with E-state index in [0.717, 1.165) is 42.5 Å². The van der Waals surface area contributed by atoms with E-state index in [0.29, 0.717) is 35.1 Å². The first kappa shape index (κ1) is 40.5. The second kappa shape index (κ2) is 18.9.